The summed E-state index contributed by atoms with van der Waals surface area (Å²) in [5, 5.41) is 16.8. The van der Waals surface area contributed by atoms with E-state index >= 15 is 0 Å². The SMILES string of the molecule is CCNC(=NCc1ccc(CN(C)C)cc1)NCCC(O)c1ccccc1. The normalized spacial score (nSPS) is 12.9. The number of rotatable bonds is 9. The molecule has 0 saturated carbocycles. The van der Waals surface area contributed by atoms with E-state index in [0.29, 0.717) is 19.5 Å². The fourth-order valence-electron chi connectivity index (χ4n) is 2.80. The second kappa shape index (κ2) is 11.4. The molecule has 5 heteroatoms. The maximum Gasteiger partial charge on any atom is 0.191 e. The minimum Gasteiger partial charge on any atom is -0.388 e. The Balaban J connectivity index is 1.84. The van der Waals surface area contributed by atoms with E-state index in [2.05, 4.69) is 58.9 Å². The Morgan fingerprint density at radius 2 is 1.67 bits per heavy atom. The summed E-state index contributed by atoms with van der Waals surface area (Å²) >= 11 is 0. The van der Waals surface area contributed by atoms with Crippen LogP contribution < -0.4 is 10.6 Å². The third-order valence-electron chi connectivity index (χ3n) is 4.18. The van der Waals surface area contributed by atoms with Gasteiger partial charge in [0.1, 0.15) is 0 Å². The van der Waals surface area contributed by atoms with E-state index < -0.39 is 6.10 Å². The lowest BCUT2D eigenvalue weighted by Crippen LogP contribution is -2.38. The molecule has 1 unspecified atom stereocenters. The van der Waals surface area contributed by atoms with Crippen LogP contribution in [-0.2, 0) is 13.1 Å². The van der Waals surface area contributed by atoms with E-state index in [1.807, 2.05) is 37.3 Å². The molecule has 0 heterocycles. The van der Waals surface area contributed by atoms with E-state index in [0.717, 1.165) is 24.6 Å². The van der Waals surface area contributed by atoms with Crippen molar-refractivity contribution in [1.29, 1.82) is 0 Å². The molecule has 1 atom stereocenters. The van der Waals surface area contributed by atoms with E-state index in [9.17, 15) is 5.11 Å². The number of aliphatic imine (C=N–C) groups is 1. The maximum atomic E-state index is 10.3. The lowest BCUT2D eigenvalue weighted by molar-refractivity contribution is 0.168. The monoisotopic (exact) mass is 368 g/mol. The van der Waals surface area contributed by atoms with Crippen molar-refractivity contribution >= 4 is 5.96 Å². The predicted molar refractivity (Wildman–Crippen MR) is 113 cm³/mol. The summed E-state index contributed by atoms with van der Waals surface area (Å²) in [6, 6.07) is 18.3. The Labute approximate surface area is 163 Å². The summed E-state index contributed by atoms with van der Waals surface area (Å²) in [7, 11) is 4.14. The van der Waals surface area contributed by atoms with E-state index in [4.69, 9.17) is 0 Å². The van der Waals surface area contributed by atoms with Crippen LogP contribution in [0.2, 0.25) is 0 Å². The first-order chi connectivity index (χ1) is 13.1. The number of aliphatic hydroxyl groups excluding tert-OH is 1. The Morgan fingerprint density at radius 1 is 1.00 bits per heavy atom. The predicted octanol–water partition coefficient (Wildman–Crippen LogP) is 2.93. The molecule has 5 nitrogen and oxygen atoms in total. The molecule has 146 valence electrons. The highest BCUT2D eigenvalue weighted by Gasteiger charge is 2.07. The van der Waals surface area contributed by atoms with Crippen LogP contribution in [-0.4, -0.2) is 43.2 Å². The number of hydrogen-bond donors (Lipinski definition) is 3. The molecule has 0 radical (unpaired) electrons. The molecule has 0 aliphatic heterocycles. The summed E-state index contributed by atoms with van der Waals surface area (Å²) < 4.78 is 0. The van der Waals surface area contributed by atoms with Crippen LogP contribution in [0.1, 0.15) is 36.1 Å². The molecule has 0 amide bonds. The van der Waals surface area contributed by atoms with Crippen molar-refractivity contribution in [3.8, 4) is 0 Å². The van der Waals surface area contributed by atoms with Crippen molar-refractivity contribution < 1.29 is 5.11 Å². The Hall–Kier alpha value is -2.37. The average molecular weight is 369 g/mol. The third-order valence-corrected chi connectivity index (χ3v) is 4.18. The molecule has 27 heavy (non-hydrogen) atoms. The van der Waals surface area contributed by atoms with Gasteiger partial charge in [-0.25, -0.2) is 4.99 Å². The number of guanidine groups is 1. The highest BCUT2D eigenvalue weighted by atomic mass is 16.3. The Kier molecular flexibility index (Phi) is 8.81. The molecule has 0 aliphatic carbocycles. The van der Waals surface area contributed by atoms with Crippen molar-refractivity contribution in [2.24, 2.45) is 4.99 Å². The van der Waals surface area contributed by atoms with Gasteiger partial charge >= 0.3 is 0 Å². The van der Waals surface area contributed by atoms with Crippen molar-refractivity contribution in [2.75, 3.05) is 27.2 Å². The summed E-state index contributed by atoms with van der Waals surface area (Å²) in [5.74, 6) is 0.773. The minimum absolute atomic E-state index is 0.467. The van der Waals surface area contributed by atoms with Crippen LogP contribution in [0.3, 0.4) is 0 Å². The zero-order valence-electron chi connectivity index (χ0n) is 16.7. The van der Waals surface area contributed by atoms with Gasteiger partial charge in [0.15, 0.2) is 5.96 Å². The van der Waals surface area contributed by atoms with Crippen LogP contribution in [0.15, 0.2) is 59.6 Å². The van der Waals surface area contributed by atoms with Gasteiger partial charge in [0.25, 0.3) is 0 Å². The van der Waals surface area contributed by atoms with E-state index in [-0.39, 0.29) is 0 Å². The van der Waals surface area contributed by atoms with Gasteiger partial charge in [-0.3, -0.25) is 0 Å². The second-order valence-corrected chi connectivity index (χ2v) is 6.89. The fourth-order valence-corrected chi connectivity index (χ4v) is 2.80. The number of nitrogens with zero attached hydrogens (tertiary/aromatic N) is 2. The van der Waals surface area contributed by atoms with Crippen molar-refractivity contribution in [2.45, 2.75) is 32.5 Å². The van der Waals surface area contributed by atoms with Gasteiger partial charge in [0.05, 0.1) is 12.6 Å². The molecule has 0 spiro atoms. The number of nitrogens with one attached hydrogen (secondary N) is 2. The Bertz CT molecular complexity index is 683. The lowest BCUT2D eigenvalue weighted by Gasteiger charge is -2.14. The minimum atomic E-state index is -0.467. The number of hydrogen-bond acceptors (Lipinski definition) is 3. The van der Waals surface area contributed by atoms with Gasteiger partial charge in [0.2, 0.25) is 0 Å². The number of benzene rings is 2. The molecular formula is C22H32N4O. The van der Waals surface area contributed by atoms with Crippen molar-refractivity contribution in [3.63, 3.8) is 0 Å². The molecule has 2 rings (SSSR count). The zero-order valence-corrected chi connectivity index (χ0v) is 16.7. The van der Waals surface area contributed by atoms with Gasteiger partial charge in [-0.05, 0) is 44.1 Å². The van der Waals surface area contributed by atoms with Crippen LogP contribution in [0, 0.1) is 0 Å². The van der Waals surface area contributed by atoms with Gasteiger partial charge in [-0.1, -0.05) is 54.6 Å². The van der Waals surface area contributed by atoms with Crippen LogP contribution >= 0.6 is 0 Å². The second-order valence-electron chi connectivity index (χ2n) is 6.89. The first-order valence-corrected chi connectivity index (χ1v) is 9.56. The van der Waals surface area contributed by atoms with E-state index in [1.54, 1.807) is 0 Å². The molecular weight excluding hydrogens is 336 g/mol. The topological polar surface area (TPSA) is 59.9 Å². The molecule has 0 aromatic heterocycles. The maximum absolute atomic E-state index is 10.3. The summed E-state index contributed by atoms with van der Waals surface area (Å²) in [6.07, 6.45) is 0.166. The molecule has 0 fully saturated rings. The largest absolute Gasteiger partial charge is 0.388 e. The first kappa shape index (κ1) is 20.9. The standard InChI is InChI=1S/C22H32N4O/c1-4-23-22(24-15-14-21(27)20-8-6-5-7-9-20)25-16-18-10-12-19(13-11-18)17-26(2)3/h5-13,21,27H,4,14-17H2,1-3H3,(H2,23,24,25). The van der Waals surface area contributed by atoms with Crippen molar-refractivity contribution in [1.82, 2.24) is 15.5 Å². The average Bonchev–Trinajstić information content (AvgIpc) is 2.67. The highest BCUT2D eigenvalue weighted by molar-refractivity contribution is 5.79. The summed E-state index contributed by atoms with van der Waals surface area (Å²) in [6.45, 7) is 5.07. The van der Waals surface area contributed by atoms with Crippen LogP contribution in [0.5, 0.6) is 0 Å². The lowest BCUT2D eigenvalue weighted by atomic mass is 10.1. The van der Waals surface area contributed by atoms with Gasteiger partial charge in [-0.15, -0.1) is 0 Å². The van der Waals surface area contributed by atoms with Crippen molar-refractivity contribution in [3.05, 3.63) is 71.3 Å². The zero-order chi connectivity index (χ0) is 19.5. The Morgan fingerprint density at radius 3 is 2.30 bits per heavy atom. The quantitative estimate of drug-likeness (QED) is 0.470. The molecule has 2 aromatic rings. The van der Waals surface area contributed by atoms with Gasteiger partial charge in [0, 0.05) is 19.6 Å². The van der Waals surface area contributed by atoms with Crippen LogP contribution in [0.25, 0.3) is 0 Å². The smallest absolute Gasteiger partial charge is 0.191 e. The molecule has 0 saturated heterocycles. The van der Waals surface area contributed by atoms with E-state index in [1.165, 1.54) is 11.1 Å². The fraction of sp³-hybridized carbons (Fsp3) is 0.409. The molecule has 3 N–H and O–H groups in total. The molecule has 0 bridgehead atoms. The summed E-state index contributed by atoms with van der Waals surface area (Å²) in [5.41, 5.74) is 3.42. The third kappa shape index (κ3) is 7.81. The van der Waals surface area contributed by atoms with Gasteiger partial charge < -0.3 is 20.6 Å². The molecule has 0 aliphatic rings. The van der Waals surface area contributed by atoms with Gasteiger partial charge in [-0.2, -0.15) is 0 Å². The summed E-state index contributed by atoms with van der Waals surface area (Å²) in [4.78, 5) is 6.80. The molecule has 2 aromatic carbocycles. The highest BCUT2D eigenvalue weighted by Crippen LogP contribution is 2.14. The van der Waals surface area contributed by atoms with Crippen LogP contribution in [0.4, 0.5) is 0 Å². The number of aliphatic hydroxyl groups is 1. The first-order valence-electron chi connectivity index (χ1n) is 9.56.